The number of carbonyl (C=O) groups is 1. The molecule has 3 nitrogen and oxygen atoms in total. The van der Waals surface area contributed by atoms with Crippen molar-refractivity contribution >= 4 is 5.97 Å². The fourth-order valence-corrected chi connectivity index (χ4v) is 1.76. The molecule has 2 aromatic carbocycles. The summed E-state index contributed by atoms with van der Waals surface area (Å²) in [6.45, 7) is 1.65. The first-order valence-corrected chi connectivity index (χ1v) is 5.93. The Hall–Kier alpha value is -2.43. The average Bonchev–Trinajstić information content (AvgIpc) is 2.43. The molecule has 0 fully saturated rings. The third kappa shape index (κ3) is 2.93. The predicted molar refractivity (Wildman–Crippen MR) is 68.8 cm³/mol. The van der Waals surface area contributed by atoms with Crippen molar-refractivity contribution in [2.75, 3.05) is 0 Å². The van der Waals surface area contributed by atoms with E-state index >= 15 is 0 Å². The van der Waals surface area contributed by atoms with Gasteiger partial charge in [-0.2, -0.15) is 0 Å². The molecule has 1 unspecified atom stereocenters. The van der Waals surface area contributed by atoms with Crippen molar-refractivity contribution in [2.45, 2.75) is 13.0 Å². The maximum Gasteiger partial charge on any atom is 0.335 e. The topological polar surface area (TPSA) is 46.5 Å². The van der Waals surface area contributed by atoms with Crippen LogP contribution < -0.4 is 4.74 Å². The molecule has 0 saturated carbocycles. The lowest BCUT2D eigenvalue weighted by Gasteiger charge is -2.16. The van der Waals surface area contributed by atoms with Gasteiger partial charge in [-0.15, -0.1) is 0 Å². The third-order valence-electron chi connectivity index (χ3n) is 2.81. The van der Waals surface area contributed by atoms with E-state index in [9.17, 15) is 13.6 Å². The van der Waals surface area contributed by atoms with Gasteiger partial charge in [0.15, 0.2) is 17.4 Å². The van der Waals surface area contributed by atoms with Crippen LogP contribution in [0.2, 0.25) is 0 Å². The molecule has 0 aromatic heterocycles. The van der Waals surface area contributed by atoms with Crippen molar-refractivity contribution in [3.8, 4) is 5.75 Å². The number of hydrogen-bond donors (Lipinski definition) is 1. The summed E-state index contributed by atoms with van der Waals surface area (Å²) in [7, 11) is 0. The van der Waals surface area contributed by atoms with Crippen molar-refractivity contribution in [1.29, 1.82) is 0 Å². The second kappa shape index (κ2) is 5.69. The molecule has 104 valence electrons. The summed E-state index contributed by atoms with van der Waals surface area (Å²) in [5.41, 5.74) is 0.299. The predicted octanol–water partition coefficient (Wildman–Crippen LogP) is 3.80. The Labute approximate surface area is 114 Å². The second-order valence-corrected chi connectivity index (χ2v) is 4.24. The highest BCUT2D eigenvalue weighted by Gasteiger charge is 2.18. The smallest absolute Gasteiger partial charge is 0.335 e. The van der Waals surface area contributed by atoms with Gasteiger partial charge in [0.1, 0.15) is 6.10 Å². The molecule has 0 spiro atoms. The Bertz CT molecular complexity index is 603. The zero-order valence-electron chi connectivity index (χ0n) is 10.6. The molecule has 2 aromatic rings. The van der Waals surface area contributed by atoms with Gasteiger partial charge in [0, 0.05) is 0 Å². The molecule has 5 heteroatoms. The zero-order chi connectivity index (χ0) is 14.7. The van der Waals surface area contributed by atoms with Crippen molar-refractivity contribution < 1.29 is 23.4 Å². The molecule has 0 bridgehead atoms. The van der Waals surface area contributed by atoms with Crippen LogP contribution in [0.3, 0.4) is 0 Å². The number of rotatable bonds is 4. The first-order valence-electron chi connectivity index (χ1n) is 5.93. The number of carboxylic acid groups (broad SMARTS) is 1. The van der Waals surface area contributed by atoms with E-state index in [1.807, 2.05) is 6.07 Å². The number of ether oxygens (including phenoxy) is 1. The molecular weight excluding hydrogens is 266 g/mol. The molecular formula is C15H12F2O3. The van der Waals surface area contributed by atoms with E-state index in [1.54, 1.807) is 31.2 Å². The normalized spacial score (nSPS) is 11.9. The van der Waals surface area contributed by atoms with Crippen LogP contribution in [0.4, 0.5) is 8.78 Å². The Morgan fingerprint density at radius 1 is 1.15 bits per heavy atom. The van der Waals surface area contributed by atoms with Gasteiger partial charge in [-0.1, -0.05) is 30.3 Å². The lowest BCUT2D eigenvalue weighted by Crippen LogP contribution is -2.07. The minimum Gasteiger partial charge on any atom is -0.480 e. The van der Waals surface area contributed by atoms with Gasteiger partial charge in [0.25, 0.3) is 0 Å². The number of benzene rings is 2. The second-order valence-electron chi connectivity index (χ2n) is 4.24. The van der Waals surface area contributed by atoms with Crippen LogP contribution in [-0.4, -0.2) is 11.1 Å². The maximum atomic E-state index is 13.7. The monoisotopic (exact) mass is 278 g/mol. The lowest BCUT2D eigenvalue weighted by molar-refractivity contribution is 0.0695. The summed E-state index contributed by atoms with van der Waals surface area (Å²) in [4.78, 5) is 10.7. The Kier molecular flexibility index (Phi) is 3.98. The van der Waals surface area contributed by atoms with E-state index in [-0.39, 0.29) is 0 Å². The van der Waals surface area contributed by atoms with Gasteiger partial charge in [-0.05, 0) is 24.6 Å². The highest BCUT2D eigenvalue weighted by Crippen LogP contribution is 2.28. The molecule has 0 aliphatic carbocycles. The van der Waals surface area contributed by atoms with Crippen molar-refractivity contribution in [2.24, 2.45) is 0 Å². The Morgan fingerprint density at radius 2 is 1.70 bits per heavy atom. The van der Waals surface area contributed by atoms with Crippen molar-refractivity contribution in [3.05, 3.63) is 65.2 Å². The van der Waals surface area contributed by atoms with Crippen LogP contribution in [0.1, 0.15) is 28.9 Å². The van der Waals surface area contributed by atoms with E-state index in [2.05, 4.69) is 0 Å². The molecule has 0 aliphatic heterocycles. The summed E-state index contributed by atoms with van der Waals surface area (Å²) in [5, 5.41) is 8.71. The highest BCUT2D eigenvalue weighted by atomic mass is 19.1. The summed E-state index contributed by atoms with van der Waals surface area (Å²) in [5.74, 6) is -4.05. The van der Waals surface area contributed by atoms with Gasteiger partial charge in [-0.3, -0.25) is 0 Å². The molecule has 0 amide bonds. The Morgan fingerprint density at radius 3 is 2.20 bits per heavy atom. The van der Waals surface area contributed by atoms with Crippen LogP contribution in [0, 0.1) is 11.6 Å². The van der Waals surface area contributed by atoms with E-state index in [0.717, 1.165) is 17.7 Å². The van der Waals surface area contributed by atoms with Crippen LogP contribution >= 0.6 is 0 Å². The summed E-state index contributed by atoms with van der Waals surface area (Å²) < 4.78 is 32.7. The van der Waals surface area contributed by atoms with E-state index < -0.39 is 35.0 Å². The Balaban J connectivity index is 2.28. The number of carboxylic acids is 1. The molecule has 0 heterocycles. The molecule has 20 heavy (non-hydrogen) atoms. The largest absolute Gasteiger partial charge is 0.480 e. The van der Waals surface area contributed by atoms with Gasteiger partial charge in [-0.25, -0.2) is 13.6 Å². The molecule has 1 N–H and O–H groups in total. The first kappa shape index (κ1) is 14.0. The number of halogens is 2. The minimum atomic E-state index is -1.40. The van der Waals surface area contributed by atoms with Gasteiger partial charge < -0.3 is 9.84 Å². The summed E-state index contributed by atoms with van der Waals surface area (Å²) in [6, 6.07) is 10.4. The van der Waals surface area contributed by atoms with Crippen molar-refractivity contribution in [1.82, 2.24) is 0 Å². The van der Waals surface area contributed by atoms with Crippen LogP contribution in [0.15, 0.2) is 42.5 Å². The molecule has 2 rings (SSSR count). The minimum absolute atomic E-state index is 0.459. The fourth-order valence-electron chi connectivity index (χ4n) is 1.76. The third-order valence-corrected chi connectivity index (χ3v) is 2.81. The average molecular weight is 278 g/mol. The fraction of sp³-hybridized carbons (Fsp3) is 0.133. The van der Waals surface area contributed by atoms with E-state index in [0.29, 0.717) is 0 Å². The molecule has 0 aliphatic rings. The summed E-state index contributed by atoms with van der Waals surface area (Å²) in [6.07, 6.45) is -0.559. The SMILES string of the molecule is CC(Oc1c(F)cc(C(=O)O)cc1F)c1ccccc1. The maximum absolute atomic E-state index is 13.7. The zero-order valence-corrected chi connectivity index (χ0v) is 10.6. The van der Waals surface area contributed by atoms with E-state index in [4.69, 9.17) is 9.84 Å². The van der Waals surface area contributed by atoms with Crippen LogP contribution in [-0.2, 0) is 0 Å². The summed E-state index contributed by atoms with van der Waals surface area (Å²) >= 11 is 0. The first-order chi connectivity index (χ1) is 9.49. The van der Waals surface area contributed by atoms with Gasteiger partial charge >= 0.3 is 5.97 Å². The van der Waals surface area contributed by atoms with Gasteiger partial charge in [0.05, 0.1) is 5.56 Å². The lowest BCUT2D eigenvalue weighted by atomic mass is 10.1. The van der Waals surface area contributed by atoms with Crippen LogP contribution in [0.25, 0.3) is 0 Å². The van der Waals surface area contributed by atoms with Gasteiger partial charge in [0.2, 0.25) is 0 Å². The quantitative estimate of drug-likeness (QED) is 0.925. The highest BCUT2D eigenvalue weighted by molar-refractivity contribution is 5.87. The van der Waals surface area contributed by atoms with Crippen LogP contribution in [0.5, 0.6) is 5.75 Å². The van der Waals surface area contributed by atoms with Crippen molar-refractivity contribution in [3.63, 3.8) is 0 Å². The van der Waals surface area contributed by atoms with E-state index in [1.165, 1.54) is 0 Å². The number of hydrogen-bond acceptors (Lipinski definition) is 2. The molecule has 0 saturated heterocycles. The molecule has 0 radical (unpaired) electrons. The number of aromatic carboxylic acids is 1. The molecule has 1 atom stereocenters. The standard InChI is InChI=1S/C15H12F2O3/c1-9(10-5-3-2-4-6-10)20-14-12(16)7-11(15(18)19)8-13(14)17/h2-9H,1H3,(H,18,19).